The van der Waals surface area contributed by atoms with Crippen LogP contribution in [0.25, 0.3) is 0 Å². The molecule has 0 bridgehead atoms. The van der Waals surface area contributed by atoms with E-state index < -0.39 is 18.3 Å². The van der Waals surface area contributed by atoms with Crippen LogP contribution in [-0.4, -0.2) is 34.9 Å². The maximum atomic E-state index is 12.7. The van der Waals surface area contributed by atoms with Gasteiger partial charge in [-0.1, -0.05) is 0 Å². The Kier molecular flexibility index (Phi) is 4.07. The number of hydrogen-bond acceptors (Lipinski definition) is 4. The van der Waals surface area contributed by atoms with Gasteiger partial charge in [0.25, 0.3) is 0 Å². The second-order valence-electron chi connectivity index (χ2n) is 5.13. The molecule has 0 spiro atoms. The molecule has 0 aromatic carbocycles. The zero-order chi connectivity index (χ0) is 13.3. The fourth-order valence-corrected chi connectivity index (χ4v) is 4.44. The van der Waals surface area contributed by atoms with Crippen molar-refractivity contribution < 1.29 is 18.4 Å². The average molecular weight is 263 g/mol. The molecule has 0 aliphatic carbocycles. The van der Waals surface area contributed by atoms with Gasteiger partial charge in [0.1, 0.15) is 0 Å². The summed E-state index contributed by atoms with van der Waals surface area (Å²) >= 11 is 0. The maximum absolute atomic E-state index is 12.7. The van der Waals surface area contributed by atoms with Crippen molar-refractivity contribution >= 4 is 13.8 Å². The molecule has 1 aliphatic heterocycles. The Morgan fingerprint density at radius 1 is 1.29 bits per heavy atom. The molecular formula is C11H22NO4P. The van der Waals surface area contributed by atoms with Gasteiger partial charge in [0.05, 0.1) is 13.2 Å². The minimum Gasteiger partial charge on any atom is -0.624 e. The summed E-state index contributed by atoms with van der Waals surface area (Å²) in [4.78, 5) is 0. The first-order chi connectivity index (χ1) is 7.71. The van der Waals surface area contributed by atoms with Crippen LogP contribution in [0.5, 0.6) is 0 Å². The Hall–Kier alpha value is -0.380. The van der Waals surface area contributed by atoms with E-state index in [0.29, 0.717) is 19.6 Å². The highest BCUT2D eigenvalue weighted by Gasteiger charge is 2.58. The highest BCUT2D eigenvalue weighted by atomic mass is 31.2. The standard InChI is InChI=1S/C11H22NO4P/c1-6-15-17(14,16-7-2)11(5)8-10(3,4)12(13)9-11/h9H,6-8H2,1-5H3. The Morgan fingerprint density at radius 3 is 2.06 bits per heavy atom. The second-order valence-corrected chi connectivity index (χ2v) is 7.67. The van der Waals surface area contributed by atoms with E-state index in [1.807, 2.05) is 13.8 Å². The number of hydroxylamine groups is 1. The molecule has 0 N–H and O–H groups in total. The molecule has 100 valence electrons. The van der Waals surface area contributed by atoms with Gasteiger partial charge >= 0.3 is 7.60 Å². The summed E-state index contributed by atoms with van der Waals surface area (Å²) in [5.41, 5.74) is -0.571. The molecule has 17 heavy (non-hydrogen) atoms. The summed E-state index contributed by atoms with van der Waals surface area (Å²) in [6.07, 6.45) is 1.90. The molecule has 6 heteroatoms. The third-order valence-electron chi connectivity index (χ3n) is 3.01. The van der Waals surface area contributed by atoms with Crippen LogP contribution in [0.1, 0.15) is 41.0 Å². The molecule has 5 nitrogen and oxygen atoms in total. The van der Waals surface area contributed by atoms with Gasteiger partial charge in [-0.05, 0) is 20.8 Å². The highest BCUT2D eigenvalue weighted by Crippen LogP contribution is 2.63. The minimum absolute atomic E-state index is 0.306. The third kappa shape index (κ3) is 2.56. The molecule has 0 saturated carbocycles. The fraction of sp³-hybridized carbons (Fsp3) is 0.909. The van der Waals surface area contributed by atoms with Crippen LogP contribution in [0.2, 0.25) is 0 Å². The van der Waals surface area contributed by atoms with E-state index in [4.69, 9.17) is 9.05 Å². The van der Waals surface area contributed by atoms with Crippen LogP contribution >= 0.6 is 7.60 Å². The first-order valence-corrected chi connectivity index (χ1v) is 7.47. The van der Waals surface area contributed by atoms with Gasteiger partial charge < -0.3 is 14.3 Å². The van der Waals surface area contributed by atoms with Gasteiger partial charge in [-0.25, -0.2) is 4.74 Å². The summed E-state index contributed by atoms with van der Waals surface area (Å²) in [5.74, 6) is 0. The van der Waals surface area contributed by atoms with Crippen molar-refractivity contribution in [3.8, 4) is 0 Å². The van der Waals surface area contributed by atoms with Gasteiger partial charge in [0.15, 0.2) is 16.9 Å². The first-order valence-electron chi connectivity index (χ1n) is 5.92. The maximum Gasteiger partial charge on any atom is 0.346 e. The highest BCUT2D eigenvalue weighted by molar-refractivity contribution is 7.56. The van der Waals surface area contributed by atoms with E-state index >= 15 is 0 Å². The SMILES string of the molecule is CCOP(=O)(OCC)C1(C)C=[N+]([O-])C(C)(C)C1. The largest absolute Gasteiger partial charge is 0.624 e. The van der Waals surface area contributed by atoms with Crippen LogP contribution in [0.4, 0.5) is 0 Å². The lowest BCUT2D eigenvalue weighted by molar-refractivity contribution is -0.527. The monoisotopic (exact) mass is 263 g/mol. The smallest absolute Gasteiger partial charge is 0.346 e. The quantitative estimate of drug-likeness (QED) is 0.434. The normalized spacial score (nSPS) is 28.2. The molecule has 0 radical (unpaired) electrons. The van der Waals surface area contributed by atoms with Gasteiger partial charge in [0.2, 0.25) is 0 Å². The lowest BCUT2D eigenvalue weighted by atomic mass is 9.96. The van der Waals surface area contributed by atoms with Gasteiger partial charge in [0, 0.05) is 20.3 Å². The van der Waals surface area contributed by atoms with E-state index in [1.54, 1.807) is 20.8 Å². The van der Waals surface area contributed by atoms with Crippen LogP contribution in [0.3, 0.4) is 0 Å². The summed E-state index contributed by atoms with van der Waals surface area (Å²) in [6.45, 7) is 9.56. The molecule has 0 saturated heterocycles. The fourth-order valence-electron chi connectivity index (χ4n) is 2.27. The van der Waals surface area contributed by atoms with E-state index in [0.717, 1.165) is 4.74 Å². The molecule has 0 aromatic rings. The van der Waals surface area contributed by atoms with Crippen molar-refractivity contribution in [2.45, 2.75) is 51.7 Å². The molecule has 0 fully saturated rings. The number of rotatable bonds is 5. The molecular weight excluding hydrogens is 241 g/mol. The van der Waals surface area contributed by atoms with Crippen molar-refractivity contribution in [3.63, 3.8) is 0 Å². The molecule has 1 unspecified atom stereocenters. The van der Waals surface area contributed by atoms with Crippen molar-refractivity contribution in [3.05, 3.63) is 5.21 Å². The van der Waals surface area contributed by atoms with Crippen molar-refractivity contribution in [1.82, 2.24) is 0 Å². The lowest BCUT2D eigenvalue weighted by Crippen LogP contribution is -2.32. The molecule has 1 atom stereocenters. The Bertz CT molecular complexity index is 356. The van der Waals surface area contributed by atoms with Crippen molar-refractivity contribution in [1.29, 1.82) is 0 Å². The Labute approximate surface area is 103 Å². The van der Waals surface area contributed by atoms with Gasteiger partial charge in [-0.15, -0.1) is 0 Å². The minimum atomic E-state index is -3.29. The van der Waals surface area contributed by atoms with Crippen LogP contribution in [-0.2, 0) is 13.6 Å². The zero-order valence-electron chi connectivity index (χ0n) is 11.2. The predicted octanol–water partition coefficient (Wildman–Crippen LogP) is 2.77. The zero-order valence-corrected chi connectivity index (χ0v) is 12.1. The first kappa shape index (κ1) is 14.7. The third-order valence-corrected chi connectivity index (χ3v) is 5.73. The molecule has 0 aromatic heterocycles. The van der Waals surface area contributed by atoms with Crippen LogP contribution < -0.4 is 0 Å². The average Bonchev–Trinajstić information content (AvgIpc) is 2.37. The molecule has 1 rings (SSSR count). The molecule has 1 heterocycles. The Balaban J connectivity index is 3.09. The topological polar surface area (TPSA) is 61.6 Å². The van der Waals surface area contributed by atoms with Crippen LogP contribution in [0.15, 0.2) is 0 Å². The number of nitrogens with zero attached hydrogens (tertiary/aromatic N) is 1. The summed E-state index contributed by atoms with van der Waals surface area (Å²) in [6, 6.07) is 0. The van der Waals surface area contributed by atoms with E-state index in [-0.39, 0.29) is 0 Å². The van der Waals surface area contributed by atoms with Crippen molar-refractivity contribution in [2.24, 2.45) is 0 Å². The number of hydrogen-bond donors (Lipinski definition) is 0. The summed E-state index contributed by atoms with van der Waals surface area (Å²) in [7, 11) is -3.29. The summed E-state index contributed by atoms with van der Waals surface area (Å²) < 4.78 is 24.3. The molecule has 1 aliphatic rings. The van der Waals surface area contributed by atoms with Gasteiger partial charge in [-0.3, -0.25) is 4.57 Å². The van der Waals surface area contributed by atoms with Gasteiger partial charge in [-0.2, -0.15) is 0 Å². The predicted molar refractivity (Wildman–Crippen MR) is 67.7 cm³/mol. The van der Waals surface area contributed by atoms with E-state index in [9.17, 15) is 9.77 Å². The summed E-state index contributed by atoms with van der Waals surface area (Å²) in [5, 5.41) is 11.0. The van der Waals surface area contributed by atoms with Crippen molar-refractivity contribution in [2.75, 3.05) is 13.2 Å². The van der Waals surface area contributed by atoms with E-state index in [1.165, 1.54) is 6.21 Å². The van der Waals surface area contributed by atoms with Crippen LogP contribution in [0, 0.1) is 5.21 Å². The molecule has 0 amide bonds. The van der Waals surface area contributed by atoms with E-state index in [2.05, 4.69) is 0 Å². The lowest BCUT2D eigenvalue weighted by Gasteiger charge is -2.29. The second kappa shape index (κ2) is 4.71. The Morgan fingerprint density at radius 2 is 1.76 bits per heavy atom.